The summed E-state index contributed by atoms with van der Waals surface area (Å²) in [6.07, 6.45) is 92.8. The molecule has 0 saturated carbocycles. The first-order valence-electron chi connectivity index (χ1n) is 31.8. The van der Waals surface area contributed by atoms with Gasteiger partial charge in [0, 0.05) is 19.3 Å². The average molecular weight is 1080 g/mol. The molecule has 0 bridgehead atoms. The van der Waals surface area contributed by atoms with Crippen molar-refractivity contribution in [2.75, 3.05) is 13.2 Å². The number of ether oxygens (including phenoxy) is 3. The fraction of sp³-hybridized carbons (Fsp3) is 0.625. The van der Waals surface area contributed by atoms with Crippen molar-refractivity contribution >= 4 is 17.9 Å². The van der Waals surface area contributed by atoms with E-state index in [1.165, 1.54) is 83.5 Å². The lowest BCUT2D eigenvalue weighted by Gasteiger charge is -2.18. The quantitative estimate of drug-likeness (QED) is 0.0261. The molecule has 6 nitrogen and oxygen atoms in total. The van der Waals surface area contributed by atoms with Crippen LogP contribution in [0.3, 0.4) is 0 Å². The van der Waals surface area contributed by atoms with Gasteiger partial charge in [-0.2, -0.15) is 0 Å². The number of allylic oxidation sites excluding steroid dienone is 24. The molecule has 0 aliphatic rings. The first-order chi connectivity index (χ1) is 38.5. The molecule has 0 heterocycles. The van der Waals surface area contributed by atoms with Crippen molar-refractivity contribution < 1.29 is 28.6 Å². The summed E-state index contributed by atoms with van der Waals surface area (Å²) in [6, 6.07) is 0. The lowest BCUT2D eigenvalue weighted by atomic mass is 10.1. The van der Waals surface area contributed by atoms with Crippen LogP contribution in [0, 0.1) is 0 Å². The van der Waals surface area contributed by atoms with Gasteiger partial charge in [0.25, 0.3) is 0 Å². The number of unbranched alkanes of at least 4 members (excludes halogenated alkanes) is 21. The van der Waals surface area contributed by atoms with Crippen LogP contribution in [0.5, 0.6) is 0 Å². The SMILES string of the molecule is CC/C=C\C/C=C\C/C=C\C/C=C\C/C=C\C/C=C\C/C=C\CCCCCCCCCC(=O)OCC(COC(=O)CCCCC/C=C\C/C=C\C/C=C\CC)OC(=O)CCCCCCCCC/C=C\C/C=C\CCCCCC. The first-order valence-corrected chi connectivity index (χ1v) is 31.8. The summed E-state index contributed by atoms with van der Waals surface area (Å²) in [6.45, 7) is 6.35. The van der Waals surface area contributed by atoms with Crippen LogP contribution in [-0.2, 0) is 28.6 Å². The average Bonchev–Trinajstić information content (AvgIpc) is 3.44. The third-order valence-corrected chi connectivity index (χ3v) is 13.1. The topological polar surface area (TPSA) is 78.9 Å². The van der Waals surface area contributed by atoms with Crippen molar-refractivity contribution in [3.8, 4) is 0 Å². The van der Waals surface area contributed by atoms with E-state index in [0.717, 1.165) is 148 Å². The normalized spacial score (nSPS) is 13.1. The molecule has 0 aromatic rings. The van der Waals surface area contributed by atoms with Crippen molar-refractivity contribution in [3.63, 3.8) is 0 Å². The monoisotopic (exact) mass is 1080 g/mol. The second-order valence-corrected chi connectivity index (χ2v) is 20.5. The summed E-state index contributed by atoms with van der Waals surface area (Å²) in [5.41, 5.74) is 0. The molecule has 0 aliphatic carbocycles. The van der Waals surface area contributed by atoms with Gasteiger partial charge in [0.05, 0.1) is 0 Å². The molecule has 0 amide bonds. The van der Waals surface area contributed by atoms with Crippen LogP contribution >= 0.6 is 0 Å². The van der Waals surface area contributed by atoms with Crippen LogP contribution < -0.4 is 0 Å². The van der Waals surface area contributed by atoms with Gasteiger partial charge in [-0.15, -0.1) is 0 Å². The van der Waals surface area contributed by atoms with E-state index in [1.807, 2.05) is 0 Å². The molecular weight excluding hydrogens is 961 g/mol. The van der Waals surface area contributed by atoms with Crippen LogP contribution in [0.4, 0.5) is 0 Å². The van der Waals surface area contributed by atoms with Gasteiger partial charge in [-0.1, -0.05) is 256 Å². The molecule has 0 aromatic carbocycles. The van der Waals surface area contributed by atoms with Crippen molar-refractivity contribution in [2.24, 2.45) is 0 Å². The van der Waals surface area contributed by atoms with Gasteiger partial charge < -0.3 is 14.2 Å². The standard InChI is InChI=1S/C72H116O6/c1-4-7-10-13-16-19-22-25-27-29-31-32-33-34-35-36-37-38-39-40-41-43-44-47-50-53-56-59-62-65-71(74)77-68-69(67-76-70(73)64-61-58-55-52-49-46-24-21-18-15-12-9-6-3)78-72(75)66-63-60-57-54-51-48-45-42-30-28-26-23-20-17-14-11-8-5-2/h7,9-10,12,16,18-21,23,25,27-28,30-32,34-35,37-38,40-41,46,49,69H,4-6,8,11,13-15,17,22,24,26,29,33,36,39,42-45,47-48,50-68H2,1-3H3/b10-7-,12-9-,19-16-,21-18-,23-20-,27-25-,30-28-,32-31-,35-34-,38-37-,41-40-,49-46-. The highest BCUT2D eigenvalue weighted by atomic mass is 16.6. The van der Waals surface area contributed by atoms with Crippen LogP contribution in [0.1, 0.15) is 271 Å². The Hall–Kier alpha value is -4.71. The maximum atomic E-state index is 12.9. The third kappa shape index (κ3) is 62.1. The minimum Gasteiger partial charge on any atom is -0.462 e. The van der Waals surface area contributed by atoms with E-state index in [9.17, 15) is 14.4 Å². The highest BCUT2D eigenvalue weighted by Crippen LogP contribution is 2.14. The fourth-order valence-corrected chi connectivity index (χ4v) is 8.35. The van der Waals surface area contributed by atoms with Gasteiger partial charge in [0.2, 0.25) is 0 Å². The molecule has 1 unspecified atom stereocenters. The Morgan fingerprint density at radius 2 is 0.500 bits per heavy atom. The zero-order valence-corrected chi connectivity index (χ0v) is 50.4. The highest BCUT2D eigenvalue weighted by Gasteiger charge is 2.19. The Morgan fingerprint density at radius 1 is 0.269 bits per heavy atom. The van der Waals surface area contributed by atoms with Gasteiger partial charge in [-0.05, 0) is 141 Å². The maximum absolute atomic E-state index is 12.9. The molecule has 0 aliphatic heterocycles. The van der Waals surface area contributed by atoms with Crippen LogP contribution in [-0.4, -0.2) is 37.2 Å². The van der Waals surface area contributed by atoms with E-state index in [4.69, 9.17) is 14.2 Å². The molecule has 0 saturated heterocycles. The molecule has 0 N–H and O–H groups in total. The lowest BCUT2D eigenvalue weighted by molar-refractivity contribution is -0.167. The van der Waals surface area contributed by atoms with Crippen molar-refractivity contribution in [1.82, 2.24) is 0 Å². The molecule has 440 valence electrons. The number of hydrogen-bond acceptors (Lipinski definition) is 6. The van der Waals surface area contributed by atoms with E-state index in [0.29, 0.717) is 19.3 Å². The predicted molar refractivity (Wildman–Crippen MR) is 339 cm³/mol. The molecule has 0 aromatic heterocycles. The largest absolute Gasteiger partial charge is 0.462 e. The zero-order chi connectivity index (χ0) is 56.4. The number of rotatable bonds is 56. The molecular formula is C72H116O6. The molecule has 1 atom stereocenters. The van der Waals surface area contributed by atoms with Crippen LogP contribution in [0.15, 0.2) is 146 Å². The Kier molecular flexibility index (Phi) is 60.9. The van der Waals surface area contributed by atoms with Gasteiger partial charge in [0.15, 0.2) is 6.10 Å². The Bertz CT molecular complexity index is 1710. The Labute approximate surface area is 480 Å². The van der Waals surface area contributed by atoms with Crippen molar-refractivity contribution in [2.45, 2.75) is 277 Å². The second-order valence-electron chi connectivity index (χ2n) is 20.5. The minimum absolute atomic E-state index is 0.102. The summed E-state index contributed by atoms with van der Waals surface area (Å²) in [7, 11) is 0. The molecule has 0 radical (unpaired) electrons. The van der Waals surface area contributed by atoms with Gasteiger partial charge in [-0.25, -0.2) is 0 Å². The summed E-state index contributed by atoms with van der Waals surface area (Å²) >= 11 is 0. The van der Waals surface area contributed by atoms with Gasteiger partial charge >= 0.3 is 17.9 Å². The predicted octanol–water partition coefficient (Wildman–Crippen LogP) is 21.9. The van der Waals surface area contributed by atoms with E-state index in [1.54, 1.807) is 0 Å². The summed E-state index contributed by atoms with van der Waals surface area (Å²) in [5.74, 6) is -0.951. The summed E-state index contributed by atoms with van der Waals surface area (Å²) < 4.78 is 16.9. The van der Waals surface area contributed by atoms with Crippen molar-refractivity contribution in [1.29, 1.82) is 0 Å². The first kappa shape index (κ1) is 73.3. The second kappa shape index (κ2) is 64.8. The summed E-state index contributed by atoms with van der Waals surface area (Å²) in [5, 5.41) is 0. The third-order valence-electron chi connectivity index (χ3n) is 13.1. The summed E-state index contributed by atoms with van der Waals surface area (Å²) in [4.78, 5) is 38.3. The maximum Gasteiger partial charge on any atom is 0.306 e. The number of esters is 3. The van der Waals surface area contributed by atoms with Crippen LogP contribution in [0.25, 0.3) is 0 Å². The lowest BCUT2D eigenvalue weighted by Crippen LogP contribution is -2.30. The number of carbonyl (C=O) groups excluding carboxylic acids is 3. The highest BCUT2D eigenvalue weighted by molar-refractivity contribution is 5.71. The Morgan fingerprint density at radius 3 is 0.795 bits per heavy atom. The van der Waals surface area contributed by atoms with Crippen LogP contribution in [0.2, 0.25) is 0 Å². The van der Waals surface area contributed by atoms with E-state index < -0.39 is 6.10 Å². The smallest absolute Gasteiger partial charge is 0.306 e. The molecule has 6 heteroatoms. The molecule has 0 rings (SSSR count). The zero-order valence-electron chi connectivity index (χ0n) is 50.4. The Balaban J connectivity index is 4.38. The van der Waals surface area contributed by atoms with Gasteiger partial charge in [-0.3, -0.25) is 14.4 Å². The minimum atomic E-state index is -0.806. The van der Waals surface area contributed by atoms with Gasteiger partial charge in [0.1, 0.15) is 13.2 Å². The molecule has 0 fully saturated rings. The fourth-order valence-electron chi connectivity index (χ4n) is 8.35. The number of carbonyl (C=O) groups is 3. The van der Waals surface area contributed by atoms with E-state index >= 15 is 0 Å². The number of hydrogen-bond donors (Lipinski definition) is 0. The molecule has 78 heavy (non-hydrogen) atoms. The van der Waals surface area contributed by atoms with Crippen molar-refractivity contribution in [3.05, 3.63) is 146 Å². The van der Waals surface area contributed by atoms with E-state index in [-0.39, 0.29) is 31.1 Å². The molecule has 0 spiro atoms. The van der Waals surface area contributed by atoms with E-state index in [2.05, 4.69) is 167 Å².